The van der Waals surface area contributed by atoms with Gasteiger partial charge >= 0.3 is 0 Å². The highest BCUT2D eigenvalue weighted by Gasteiger charge is 2.16. The number of nitrogens with zero attached hydrogens (tertiary/aromatic N) is 1. The minimum atomic E-state index is -0.666. The number of ether oxygens (including phenoxy) is 1. The topological polar surface area (TPSA) is 60.2 Å². The van der Waals surface area contributed by atoms with E-state index in [1.165, 1.54) is 0 Å². The van der Waals surface area contributed by atoms with E-state index >= 15 is 0 Å². The number of pyridine rings is 1. The van der Waals surface area contributed by atoms with Crippen LogP contribution in [0.1, 0.15) is 13.8 Å². The van der Waals surface area contributed by atoms with Crippen LogP contribution in [0.15, 0.2) is 18.2 Å². The molecule has 0 saturated carbocycles. The quantitative estimate of drug-likeness (QED) is 0.427. The molecule has 0 spiro atoms. The Balaban J connectivity index is 2.83. The number of nitrogens with one attached hydrogen (secondary N) is 1. The molecule has 0 aromatic carbocycles. The van der Waals surface area contributed by atoms with Crippen LogP contribution >= 0.6 is 0 Å². The van der Waals surface area contributed by atoms with Gasteiger partial charge in [-0.05, 0) is 19.9 Å². The molecule has 1 aromatic heterocycles. The Morgan fingerprint density at radius 1 is 1.57 bits per heavy atom. The lowest BCUT2D eigenvalue weighted by atomic mass is 10.1. The molecule has 0 bridgehead atoms. The molecular formula is C10H13N3O. The third kappa shape index (κ3) is 2.64. The summed E-state index contributed by atoms with van der Waals surface area (Å²) in [5.41, 5.74) is 1.76. The van der Waals surface area contributed by atoms with Crippen molar-refractivity contribution >= 4 is 5.82 Å². The summed E-state index contributed by atoms with van der Waals surface area (Å²) in [6.45, 7) is 3.58. The first-order chi connectivity index (χ1) is 6.57. The van der Waals surface area contributed by atoms with Gasteiger partial charge in [0.1, 0.15) is 5.82 Å². The molecular weight excluding hydrogens is 178 g/mol. The third-order valence-corrected chi connectivity index (χ3v) is 1.58. The SMILES string of the molecule is C#CC(C)(C)Oc1cccc(NN)n1. The molecule has 0 saturated heterocycles. The van der Waals surface area contributed by atoms with E-state index in [1.807, 2.05) is 0 Å². The van der Waals surface area contributed by atoms with Gasteiger partial charge in [-0.2, -0.15) is 4.98 Å². The molecule has 4 nitrogen and oxygen atoms in total. The molecule has 0 atom stereocenters. The smallest absolute Gasteiger partial charge is 0.216 e. The molecule has 0 radical (unpaired) electrons. The highest BCUT2D eigenvalue weighted by Crippen LogP contribution is 2.16. The monoisotopic (exact) mass is 191 g/mol. The van der Waals surface area contributed by atoms with Gasteiger partial charge in [0, 0.05) is 6.07 Å². The van der Waals surface area contributed by atoms with Gasteiger partial charge in [0.25, 0.3) is 0 Å². The van der Waals surface area contributed by atoms with Crippen LogP contribution in [0.3, 0.4) is 0 Å². The van der Waals surface area contributed by atoms with Gasteiger partial charge in [-0.15, -0.1) is 6.42 Å². The van der Waals surface area contributed by atoms with Gasteiger partial charge in [-0.3, -0.25) is 0 Å². The van der Waals surface area contributed by atoms with E-state index in [0.717, 1.165) is 0 Å². The van der Waals surface area contributed by atoms with Crippen LogP contribution < -0.4 is 16.0 Å². The first kappa shape index (κ1) is 10.4. The van der Waals surface area contributed by atoms with Crippen molar-refractivity contribution in [1.82, 2.24) is 4.98 Å². The zero-order chi connectivity index (χ0) is 10.6. The third-order valence-electron chi connectivity index (χ3n) is 1.58. The van der Waals surface area contributed by atoms with E-state index in [1.54, 1.807) is 32.0 Å². The van der Waals surface area contributed by atoms with E-state index in [0.29, 0.717) is 11.7 Å². The molecule has 1 rings (SSSR count). The lowest BCUT2D eigenvalue weighted by Crippen LogP contribution is -2.26. The predicted molar refractivity (Wildman–Crippen MR) is 55.6 cm³/mol. The molecule has 4 heteroatoms. The Hall–Kier alpha value is -1.73. The molecule has 1 heterocycles. The lowest BCUT2D eigenvalue weighted by molar-refractivity contribution is 0.165. The lowest BCUT2D eigenvalue weighted by Gasteiger charge is -2.19. The van der Waals surface area contributed by atoms with Gasteiger partial charge in [-0.25, -0.2) is 5.84 Å². The summed E-state index contributed by atoms with van der Waals surface area (Å²) in [4.78, 5) is 4.07. The standard InChI is InChI=1S/C10H13N3O/c1-4-10(2,3)14-9-7-5-6-8(12-9)13-11/h1,5-7H,11H2,2-3H3,(H,12,13). The number of nitrogens with two attached hydrogens (primary N) is 1. The maximum atomic E-state index is 5.45. The van der Waals surface area contributed by atoms with E-state index in [-0.39, 0.29) is 0 Å². The van der Waals surface area contributed by atoms with Crippen molar-refractivity contribution in [1.29, 1.82) is 0 Å². The fourth-order valence-corrected chi connectivity index (χ4v) is 0.843. The van der Waals surface area contributed by atoms with Crippen molar-refractivity contribution in [3.63, 3.8) is 0 Å². The summed E-state index contributed by atoms with van der Waals surface area (Å²) >= 11 is 0. The zero-order valence-corrected chi connectivity index (χ0v) is 8.24. The van der Waals surface area contributed by atoms with Gasteiger partial charge in [0.2, 0.25) is 5.88 Å². The Morgan fingerprint density at radius 2 is 2.29 bits per heavy atom. The summed E-state index contributed by atoms with van der Waals surface area (Å²) in [6.07, 6.45) is 5.28. The molecule has 0 unspecified atom stereocenters. The maximum absolute atomic E-state index is 5.45. The van der Waals surface area contributed by atoms with Crippen molar-refractivity contribution < 1.29 is 4.74 Å². The van der Waals surface area contributed by atoms with Gasteiger partial charge in [0.05, 0.1) is 0 Å². The maximum Gasteiger partial charge on any atom is 0.216 e. The number of aromatic nitrogens is 1. The number of terminal acetylenes is 1. The Labute approximate surface area is 83.4 Å². The Bertz CT molecular complexity index is 355. The second-order valence-corrected chi connectivity index (χ2v) is 3.26. The summed E-state index contributed by atoms with van der Waals surface area (Å²) in [7, 11) is 0. The average Bonchev–Trinajstić information content (AvgIpc) is 2.17. The van der Waals surface area contributed by atoms with Crippen LogP contribution in [0, 0.1) is 12.3 Å². The molecule has 0 aliphatic rings. The van der Waals surface area contributed by atoms with Gasteiger partial charge in [-0.1, -0.05) is 12.0 Å². The van der Waals surface area contributed by atoms with E-state index in [4.69, 9.17) is 17.0 Å². The molecule has 0 amide bonds. The molecule has 0 fully saturated rings. The van der Waals surface area contributed by atoms with Crippen LogP contribution in [-0.2, 0) is 0 Å². The van der Waals surface area contributed by atoms with Crippen molar-refractivity contribution in [2.45, 2.75) is 19.4 Å². The van der Waals surface area contributed by atoms with Gasteiger partial charge < -0.3 is 10.2 Å². The summed E-state index contributed by atoms with van der Waals surface area (Å²) in [6, 6.07) is 5.24. The number of hydrazine groups is 1. The van der Waals surface area contributed by atoms with E-state index in [2.05, 4.69) is 16.3 Å². The number of nitrogen functional groups attached to an aromatic ring is 1. The first-order valence-electron chi connectivity index (χ1n) is 4.18. The number of hydrogen-bond donors (Lipinski definition) is 2. The summed E-state index contributed by atoms with van der Waals surface area (Å²) in [5, 5.41) is 0. The fourth-order valence-electron chi connectivity index (χ4n) is 0.843. The second-order valence-electron chi connectivity index (χ2n) is 3.26. The Kier molecular flexibility index (Phi) is 2.95. The van der Waals surface area contributed by atoms with Crippen LogP contribution in [0.25, 0.3) is 0 Å². The van der Waals surface area contributed by atoms with E-state index in [9.17, 15) is 0 Å². The van der Waals surface area contributed by atoms with Crippen molar-refractivity contribution in [2.75, 3.05) is 5.43 Å². The number of hydrogen-bond acceptors (Lipinski definition) is 4. The van der Waals surface area contributed by atoms with Crippen LogP contribution in [0.5, 0.6) is 5.88 Å². The van der Waals surface area contributed by atoms with Crippen LogP contribution in [-0.4, -0.2) is 10.6 Å². The number of rotatable bonds is 3. The van der Waals surface area contributed by atoms with Crippen molar-refractivity contribution in [3.8, 4) is 18.2 Å². The minimum Gasteiger partial charge on any atom is -0.458 e. The molecule has 3 N–H and O–H groups in total. The first-order valence-corrected chi connectivity index (χ1v) is 4.18. The highest BCUT2D eigenvalue weighted by molar-refractivity contribution is 5.35. The fraction of sp³-hybridized carbons (Fsp3) is 0.300. The van der Waals surface area contributed by atoms with E-state index < -0.39 is 5.60 Å². The highest BCUT2D eigenvalue weighted by atomic mass is 16.5. The average molecular weight is 191 g/mol. The molecule has 0 aliphatic carbocycles. The predicted octanol–water partition coefficient (Wildman–Crippen LogP) is 1.16. The minimum absolute atomic E-state index is 0.448. The van der Waals surface area contributed by atoms with Crippen molar-refractivity contribution in [3.05, 3.63) is 18.2 Å². The molecule has 1 aromatic rings. The summed E-state index contributed by atoms with van der Waals surface area (Å²) in [5.74, 6) is 8.70. The molecule has 74 valence electrons. The molecule has 14 heavy (non-hydrogen) atoms. The molecule has 0 aliphatic heterocycles. The van der Waals surface area contributed by atoms with Crippen LogP contribution in [0.4, 0.5) is 5.82 Å². The number of anilines is 1. The van der Waals surface area contributed by atoms with Gasteiger partial charge in [0.15, 0.2) is 5.60 Å². The second kappa shape index (κ2) is 3.99. The Morgan fingerprint density at radius 3 is 2.86 bits per heavy atom. The summed E-state index contributed by atoms with van der Waals surface area (Å²) < 4.78 is 5.45. The van der Waals surface area contributed by atoms with Crippen molar-refractivity contribution in [2.24, 2.45) is 5.84 Å². The zero-order valence-electron chi connectivity index (χ0n) is 8.24. The van der Waals surface area contributed by atoms with Crippen LogP contribution in [0.2, 0.25) is 0 Å². The normalized spacial score (nSPS) is 10.4. The largest absolute Gasteiger partial charge is 0.458 e.